The summed E-state index contributed by atoms with van der Waals surface area (Å²) in [5.41, 5.74) is 0.299. The molecule has 0 unspecified atom stereocenters. The Morgan fingerprint density at radius 2 is 1.95 bits per heavy atom. The lowest BCUT2D eigenvalue weighted by molar-refractivity contribution is -0.384. The van der Waals surface area contributed by atoms with Gasteiger partial charge in [0, 0.05) is 19.2 Å². The number of carboxylic acid groups (broad SMARTS) is 1. The third-order valence-corrected chi connectivity index (χ3v) is 3.88. The van der Waals surface area contributed by atoms with E-state index in [0.717, 1.165) is 12.8 Å². The Hall–Kier alpha value is -2.11. The Morgan fingerprint density at radius 1 is 1.35 bits per heavy atom. The molecule has 0 bridgehead atoms. The Balaban J connectivity index is 2.44. The van der Waals surface area contributed by atoms with Gasteiger partial charge in [-0.3, -0.25) is 10.1 Å². The number of hydrogen-bond acceptors (Lipinski definition) is 4. The van der Waals surface area contributed by atoms with Crippen molar-refractivity contribution in [1.82, 2.24) is 0 Å². The standard InChI is InChI=1S/C14H18N2O4/c1-14(2)6-8-15(9-7-14)12-10(13(17)18)4-3-5-11(12)16(19)20/h3-5H,6-9H2,1-2H3,(H,17,18). The molecule has 0 saturated carbocycles. The van der Waals surface area contributed by atoms with Crippen molar-refractivity contribution in [2.24, 2.45) is 5.41 Å². The Morgan fingerprint density at radius 3 is 2.45 bits per heavy atom. The molecule has 1 saturated heterocycles. The minimum absolute atomic E-state index is 0.00101. The molecule has 2 rings (SSSR count). The second-order valence-electron chi connectivity index (χ2n) is 5.89. The number of hydrogen-bond donors (Lipinski definition) is 1. The smallest absolute Gasteiger partial charge is 0.338 e. The van der Waals surface area contributed by atoms with Crippen LogP contribution in [0.4, 0.5) is 11.4 Å². The number of carbonyl (C=O) groups is 1. The van der Waals surface area contributed by atoms with Gasteiger partial charge in [-0.05, 0) is 24.3 Å². The number of nitrogens with zero attached hydrogens (tertiary/aromatic N) is 2. The maximum absolute atomic E-state index is 11.3. The first-order valence-electron chi connectivity index (χ1n) is 6.57. The topological polar surface area (TPSA) is 83.7 Å². The molecule has 0 radical (unpaired) electrons. The first-order valence-corrected chi connectivity index (χ1v) is 6.57. The number of nitro benzene ring substituents is 1. The third-order valence-electron chi connectivity index (χ3n) is 3.88. The summed E-state index contributed by atoms with van der Waals surface area (Å²) in [5.74, 6) is -1.13. The van der Waals surface area contributed by atoms with Gasteiger partial charge in [0.15, 0.2) is 0 Å². The fraction of sp³-hybridized carbons (Fsp3) is 0.500. The zero-order chi connectivity index (χ0) is 14.9. The van der Waals surface area contributed by atoms with Crippen LogP contribution in [0, 0.1) is 15.5 Å². The van der Waals surface area contributed by atoms with Gasteiger partial charge in [-0.1, -0.05) is 19.9 Å². The lowest BCUT2D eigenvalue weighted by Crippen LogP contribution is -2.38. The second-order valence-corrected chi connectivity index (χ2v) is 5.89. The fourth-order valence-corrected chi connectivity index (χ4v) is 2.52. The summed E-state index contributed by atoms with van der Waals surface area (Å²) in [6.45, 7) is 5.58. The minimum Gasteiger partial charge on any atom is -0.478 e. The van der Waals surface area contributed by atoms with Gasteiger partial charge in [0.25, 0.3) is 5.69 Å². The van der Waals surface area contributed by atoms with Gasteiger partial charge in [0.2, 0.25) is 0 Å². The first-order chi connectivity index (χ1) is 9.32. The van der Waals surface area contributed by atoms with Crippen LogP contribution in [-0.2, 0) is 0 Å². The number of carboxylic acids is 1. The molecule has 108 valence electrons. The summed E-state index contributed by atoms with van der Waals surface area (Å²) in [7, 11) is 0. The number of aromatic carboxylic acids is 1. The molecule has 0 amide bonds. The van der Waals surface area contributed by atoms with Crippen LogP contribution in [0.3, 0.4) is 0 Å². The van der Waals surface area contributed by atoms with Gasteiger partial charge >= 0.3 is 5.97 Å². The normalized spacial score (nSPS) is 17.8. The summed E-state index contributed by atoms with van der Waals surface area (Å²) >= 11 is 0. The molecule has 0 atom stereocenters. The van der Waals surface area contributed by atoms with Crippen LogP contribution < -0.4 is 4.90 Å². The van der Waals surface area contributed by atoms with E-state index in [1.807, 2.05) is 4.90 Å². The molecular weight excluding hydrogens is 260 g/mol. The molecule has 0 aliphatic carbocycles. The van der Waals surface area contributed by atoms with Crippen molar-refractivity contribution >= 4 is 17.3 Å². The van der Waals surface area contributed by atoms with E-state index in [1.54, 1.807) is 0 Å². The molecule has 1 aromatic carbocycles. The lowest BCUT2D eigenvalue weighted by Gasteiger charge is -2.38. The molecule has 0 spiro atoms. The largest absolute Gasteiger partial charge is 0.478 e. The van der Waals surface area contributed by atoms with Crippen LogP contribution >= 0.6 is 0 Å². The average Bonchev–Trinajstić information content (AvgIpc) is 2.37. The van der Waals surface area contributed by atoms with E-state index >= 15 is 0 Å². The molecule has 1 aromatic rings. The molecule has 6 nitrogen and oxygen atoms in total. The zero-order valence-corrected chi connectivity index (χ0v) is 11.6. The maximum Gasteiger partial charge on any atom is 0.338 e. The fourth-order valence-electron chi connectivity index (χ4n) is 2.52. The van der Waals surface area contributed by atoms with E-state index in [2.05, 4.69) is 13.8 Å². The van der Waals surface area contributed by atoms with Crippen molar-refractivity contribution in [2.75, 3.05) is 18.0 Å². The summed E-state index contributed by atoms with van der Waals surface area (Å²) in [4.78, 5) is 23.8. The van der Waals surface area contributed by atoms with E-state index < -0.39 is 10.9 Å². The summed E-state index contributed by atoms with van der Waals surface area (Å²) in [5, 5.41) is 20.4. The van der Waals surface area contributed by atoms with E-state index in [1.165, 1.54) is 18.2 Å². The summed E-state index contributed by atoms with van der Waals surface area (Å²) < 4.78 is 0. The van der Waals surface area contributed by atoms with Crippen molar-refractivity contribution in [2.45, 2.75) is 26.7 Å². The van der Waals surface area contributed by atoms with Crippen LogP contribution in [-0.4, -0.2) is 29.1 Å². The third kappa shape index (κ3) is 2.74. The zero-order valence-electron chi connectivity index (χ0n) is 11.6. The van der Waals surface area contributed by atoms with E-state index in [9.17, 15) is 20.0 Å². The maximum atomic E-state index is 11.3. The van der Waals surface area contributed by atoms with E-state index in [-0.39, 0.29) is 22.4 Å². The van der Waals surface area contributed by atoms with Crippen molar-refractivity contribution in [3.63, 3.8) is 0 Å². The van der Waals surface area contributed by atoms with Crippen molar-refractivity contribution in [1.29, 1.82) is 0 Å². The van der Waals surface area contributed by atoms with Crippen LogP contribution in [0.5, 0.6) is 0 Å². The molecule has 0 aromatic heterocycles. The van der Waals surface area contributed by atoms with Crippen LogP contribution in [0.1, 0.15) is 37.0 Å². The highest BCUT2D eigenvalue weighted by Gasteiger charge is 2.31. The van der Waals surface area contributed by atoms with Crippen molar-refractivity contribution in [3.05, 3.63) is 33.9 Å². The predicted molar refractivity (Wildman–Crippen MR) is 75.3 cm³/mol. The molecule has 1 aliphatic heterocycles. The van der Waals surface area contributed by atoms with Gasteiger partial charge in [0.1, 0.15) is 5.69 Å². The quantitative estimate of drug-likeness (QED) is 0.678. The molecule has 20 heavy (non-hydrogen) atoms. The number of piperidine rings is 1. The number of nitro groups is 1. The van der Waals surface area contributed by atoms with Crippen molar-refractivity contribution in [3.8, 4) is 0 Å². The number of anilines is 1. The van der Waals surface area contributed by atoms with Crippen molar-refractivity contribution < 1.29 is 14.8 Å². The number of rotatable bonds is 3. The molecule has 6 heteroatoms. The average molecular weight is 278 g/mol. The number of benzene rings is 1. The first kappa shape index (κ1) is 14.3. The van der Waals surface area contributed by atoms with E-state index in [0.29, 0.717) is 13.1 Å². The predicted octanol–water partition coefficient (Wildman–Crippen LogP) is 2.92. The number of para-hydroxylation sites is 1. The molecular formula is C14H18N2O4. The Bertz CT molecular complexity index is 512. The van der Waals surface area contributed by atoms with E-state index in [4.69, 9.17) is 0 Å². The summed E-state index contributed by atoms with van der Waals surface area (Å²) in [6.07, 6.45) is 1.77. The van der Waals surface area contributed by atoms with Gasteiger partial charge in [-0.15, -0.1) is 0 Å². The van der Waals surface area contributed by atoms with Gasteiger partial charge in [0.05, 0.1) is 10.5 Å². The lowest BCUT2D eigenvalue weighted by atomic mass is 9.82. The monoisotopic (exact) mass is 278 g/mol. The molecule has 1 fully saturated rings. The SMILES string of the molecule is CC1(C)CCN(c2c(C(=O)O)cccc2[N+](=O)[O-])CC1. The highest BCUT2D eigenvalue weighted by Crippen LogP contribution is 2.37. The van der Waals surface area contributed by atoms with Gasteiger partial charge < -0.3 is 10.0 Å². The molecule has 1 aliphatic rings. The minimum atomic E-state index is -1.13. The summed E-state index contributed by atoms with van der Waals surface area (Å²) in [6, 6.07) is 4.20. The Kier molecular flexibility index (Phi) is 3.65. The van der Waals surface area contributed by atoms with Gasteiger partial charge in [-0.25, -0.2) is 4.79 Å². The highest BCUT2D eigenvalue weighted by atomic mass is 16.6. The van der Waals surface area contributed by atoms with Crippen LogP contribution in [0.25, 0.3) is 0 Å². The Labute approximate surface area is 117 Å². The van der Waals surface area contributed by atoms with Crippen LogP contribution in [0.2, 0.25) is 0 Å². The molecule has 1 heterocycles. The highest BCUT2D eigenvalue weighted by molar-refractivity contribution is 5.97. The molecule has 1 N–H and O–H groups in total. The van der Waals surface area contributed by atoms with Crippen LogP contribution in [0.15, 0.2) is 18.2 Å². The van der Waals surface area contributed by atoms with Gasteiger partial charge in [-0.2, -0.15) is 0 Å². The second kappa shape index (κ2) is 5.11.